The number of hydrogen-bond donors (Lipinski definition) is 0. The van der Waals surface area contributed by atoms with E-state index in [1.165, 1.54) is 16.8 Å². The predicted octanol–water partition coefficient (Wildman–Crippen LogP) is 2.85. The normalized spacial score (nSPS) is 17.4. The van der Waals surface area contributed by atoms with E-state index in [2.05, 4.69) is 15.3 Å². The van der Waals surface area contributed by atoms with Crippen molar-refractivity contribution in [1.82, 2.24) is 28.9 Å². The molecular weight excluding hydrogens is 387 g/mol. The zero-order chi connectivity index (χ0) is 21.0. The molecule has 1 saturated heterocycles. The fourth-order valence-corrected chi connectivity index (χ4v) is 3.93. The quantitative estimate of drug-likeness (QED) is 0.519. The summed E-state index contributed by atoms with van der Waals surface area (Å²) in [5.74, 6) is 0.00379. The lowest BCUT2D eigenvalue weighted by molar-refractivity contribution is 0.0973. The van der Waals surface area contributed by atoms with E-state index in [-0.39, 0.29) is 17.1 Å². The molecule has 1 aliphatic rings. The number of rotatable bonds is 3. The molecule has 4 heterocycles. The summed E-state index contributed by atoms with van der Waals surface area (Å²) in [6.45, 7) is 7.18. The zero-order valence-electron chi connectivity index (χ0n) is 17.2. The highest BCUT2D eigenvalue weighted by Gasteiger charge is 2.24. The molecule has 1 aliphatic heterocycles. The Kier molecular flexibility index (Phi) is 4.25. The minimum atomic E-state index is -0.395. The molecule has 0 bridgehead atoms. The van der Waals surface area contributed by atoms with Crippen molar-refractivity contribution in [2.75, 3.05) is 6.61 Å². The average molecular weight is 410 g/mol. The Bertz CT molecular complexity index is 1310. The largest absolute Gasteiger partial charge is 0.376 e. The number of halogens is 1. The van der Waals surface area contributed by atoms with Gasteiger partial charge in [-0.3, -0.25) is 9.20 Å². The number of hydrogen-bond acceptors (Lipinski definition) is 5. The van der Waals surface area contributed by atoms with Gasteiger partial charge in [0.15, 0.2) is 11.3 Å². The monoisotopic (exact) mass is 410 g/mol. The van der Waals surface area contributed by atoms with Crippen molar-refractivity contribution in [1.29, 1.82) is 0 Å². The molecule has 0 aliphatic carbocycles. The smallest absolute Gasteiger partial charge is 0.279 e. The van der Waals surface area contributed by atoms with Crippen molar-refractivity contribution in [3.05, 3.63) is 52.6 Å². The zero-order valence-corrected chi connectivity index (χ0v) is 17.2. The standard InChI is InChI=1S/C21H23FN6O2/c1-21(2,3)17-11-28(25-24-17)19-18-20(29)26(10-14-5-4-8-30-14)16-9-13(22)6-7-15(16)27(18)12-23-19/h6-7,9,11-12,14H,4-5,8,10H2,1-3H3. The summed E-state index contributed by atoms with van der Waals surface area (Å²) >= 11 is 0. The van der Waals surface area contributed by atoms with Gasteiger partial charge in [0.2, 0.25) is 0 Å². The van der Waals surface area contributed by atoms with Crippen LogP contribution in [0.25, 0.3) is 22.4 Å². The molecular formula is C21H23FN6O2. The summed E-state index contributed by atoms with van der Waals surface area (Å²) in [7, 11) is 0. The molecule has 30 heavy (non-hydrogen) atoms. The van der Waals surface area contributed by atoms with Gasteiger partial charge in [0, 0.05) is 12.0 Å². The van der Waals surface area contributed by atoms with E-state index in [0.29, 0.717) is 35.5 Å². The van der Waals surface area contributed by atoms with E-state index < -0.39 is 5.82 Å². The van der Waals surface area contributed by atoms with Gasteiger partial charge in [0.05, 0.1) is 35.6 Å². The molecule has 4 aromatic rings. The molecule has 0 saturated carbocycles. The van der Waals surface area contributed by atoms with Gasteiger partial charge in [0.25, 0.3) is 5.56 Å². The van der Waals surface area contributed by atoms with Crippen LogP contribution in [0, 0.1) is 5.82 Å². The molecule has 0 radical (unpaired) electrons. The molecule has 1 aromatic carbocycles. The fraction of sp³-hybridized carbons (Fsp3) is 0.429. The Morgan fingerprint density at radius 3 is 2.80 bits per heavy atom. The van der Waals surface area contributed by atoms with Crippen LogP contribution in [0.3, 0.4) is 0 Å². The number of nitrogens with zero attached hydrogens (tertiary/aromatic N) is 6. The minimum absolute atomic E-state index is 0.0677. The molecule has 8 nitrogen and oxygen atoms in total. The van der Waals surface area contributed by atoms with Crippen molar-refractivity contribution in [2.24, 2.45) is 0 Å². The molecule has 156 valence electrons. The molecule has 0 N–H and O–H groups in total. The summed E-state index contributed by atoms with van der Waals surface area (Å²) in [5.41, 5.74) is 1.94. The van der Waals surface area contributed by atoms with Crippen molar-refractivity contribution in [3.8, 4) is 5.82 Å². The summed E-state index contributed by atoms with van der Waals surface area (Å²) in [5, 5.41) is 8.45. The van der Waals surface area contributed by atoms with Crippen molar-refractivity contribution >= 4 is 16.6 Å². The topological polar surface area (TPSA) is 79.2 Å². The first kappa shape index (κ1) is 18.9. The fourth-order valence-electron chi connectivity index (χ4n) is 3.93. The van der Waals surface area contributed by atoms with E-state index in [9.17, 15) is 9.18 Å². The maximum atomic E-state index is 14.1. The van der Waals surface area contributed by atoms with Gasteiger partial charge in [-0.25, -0.2) is 9.37 Å². The van der Waals surface area contributed by atoms with Crippen LogP contribution in [0.2, 0.25) is 0 Å². The van der Waals surface area contributed by atoms with Crippen LogP contribution in [0.1, 0.15) is 39.3 Å². The van der Waals surface area contributed by atoms with Crippen LogP contribution in [0.5, 0.6) is 0 Å². The summed E-state index contributed by atoms with van der Waals surface area (Å²) in [6.07, 6.45) is 5.13. The van der Waals surface area contributed by atoms with Crippen molar-refractivity contribution < 1.29 is 9.13 Å². The van der Waals surface area contributed by atoms with Crippen LogP contribution in [-0.2, 0) is 16.7 Å². The summed E-state index contributed by atoms with van der Waals surface area (Å²) in [6, 6.07) is 4.43. The highest BCUT2D eigenvalue weighted by atomic mass is 19.1. The van der Waals surface area contributed by atoms with Gasteiger partial charge in [-0.05, 0) is 31.0 Å². The third-order valence-corrected chi connectivity index (χ3v) is 5.57. The van der Waals surface area contributed by atoms with Gasteiger partial charge in [0.1, 0.15) is 12.1 Å². The molecule has 1 fully saturated rings. The lowest BCUT2D eigenvalue weighted by Crippen LogP contribution is -2.28. The van der Waals surface area contributed by atoms with Gasteiger partial charge in [-0.15, -0.1) is 5.10 Å². The number of benzene rings is 1. The second kappa shape index (κ2) is 6.73. The van der Waals surface area contributed by atoms with E-state index >= 15 is 0 Å². The van der Waals surface area contributed by atoms with Gasteiger partial charge in [-0.1, -0.05) is 26.0 Å². The number of imidazole rings is 1. The third kappa shape index (κ3) is 3.00. The second-order valence-corrected chi connectivity index (χ2v) is 8.77. The molecule has 0 amide bonds. The van der Waals surface area contributed by atoms with Crippen LogP contribution in [0.4, 0.5) is 4.39 Å². The number of aromatic nitrogens is 6. The molecule has 1 atom stereocenters. The first-order valence-electron chi connectivity index (χ1n) is 10.1. The number of ether oxygens (including phenoxy) is 1. The van der Waals surface area contributed by atoms with Crippen LogP contribution >= 0.6 is 0 Å². The van der Waals surface area contributed by atoms with Crippen LogP contribution in [-0.4, -0.2) is 41.7 Å². The molecule has 0 spiro atoms. The second-order valence-electron chi connectivity index (χ2n) is 8.77. The average Bonchev–Trinajstić information content (AvgIpc) is 3.44. The Morgan fingerprint density at radius 1 is 1.27 bits per heavy atom. The molecule has 1 unspecified atom stereocenters. The van der Waals surface area contributed by atoms with Crippen molar-refractivity contribution in [3.63, 3.8) is 0 Å². The van der Waals surface area contributed by atoms with Gasteiger partial charge >= 0.3 is 0 Å². The maximum absolute atomic E-state index is 14.1. The van der Waals surface area contributed by atoms with E-state index in [1.807, 2.05) is 20.8 Å². The highest BCUT2D eigenvalue weighted by molar-refractivity contribution is 5.81. The van der Waals surface area contributed by atoms with Crippen LogP contribution in [0.15, 0.2) is 35.5 Å². The molecule has 9 heteroatoms. The maximum Gasteiger partial charge on any atom is 0.279 e. The predicted molar refractivity (Wildman–Crippen MR) is 110 cm³/mol. The van der Waals surface area contributed by atoms with E-state index in [1.54, 1.807) is 27.6 Å². The minimum Gasteiger partial charge on any atom is -0.376 e. The van der Waals surface area contributed by atoms with Crippen molar-refractivity contribution in [2.45, 2.75) is 51.7 Å². The Hall–Kier alpha value is -3.07. The summed E-state index contributed by atoms with van der Waals surface area (Å²) in [4.78, 5) is 18.0. The van der Waals surface area contributed by atoms with Gasteiger partial charge < -0.3 is 9.30 Å². The Balaban J connectivity index is 1.76. The highest BCUT2D eigenvalue weighted by Crippen LogP contribution is 2.24. The third-order valence-electron chi connectivity index (χ3n) is 5.57. The Morgan fingerprint density at radius 2 is 2.10 bits per heavy atom. The van der Waals surface area contributed by atoms with Gasteiger partial charge in [-0.2, -0.15) is 4.68 Å². The first-order chi connectivity index (χ1) is 14.3. The van der Waals surface area contributed by atoms with Crippen LogP contribution < -0.4 is 5.56 Å². The lowest BCUT2D eigenvalue weighted by Gasteiger charge is -2.16. The van der Waals surface area contributed by atoms with E-state index in [4.69, 9.17) is 4.74 Å². The first-order valence-corrected chi connectivity index (χ1v) is 10.1. The Labute approximate surface area is 171 Å². The molecule has 5 rings (SSSR count). The lowest BCUT2D eigenvalue weighted by atomic mass is 9.93. The summed E-state index contributed by atoms with van der Waals surface area (Å²) < 4.78 is 24.6. The number of fused-ring (bicyclic) bond motifs is 3. The van der Waals surface area contributed by atoms with E-state index in [0.717, 1.165) is 18.5 Å². The molecule has 3 aromatic heterocycles. The SMILES string of the molecule is CC(C)(C)c1cn(-c2ncn3c2c(=O)n(CC2CCCO2)c2cc(F)ccc23)nn1.